The summed E-state index contributed by atoms with van der Waals surface area (Å²) < 4.78 is 48.9. The molecule has 6 nitrogen and oxygen atoms in total. The van der Waals surface area contributed by atoms with Crippen molar-refractivity contribution in [2.75, 3.05) is 18.5 Å². The second-order valence-electron chi connectivity index (χ2n) is 6.84. The number of rotatable bonds is 3. The minimum absolute atomic E-state index is 0.0958. The van der Waals surface area contributed by atoms with Crippen LogP contribution in [0.25, 0.3) is 0 Å². The maximum absolute atomic E-state index is 14.7. The van der Waals surface area contributed by atoms with Gasteiger partial charge in [-0.15, -0.1) is 0 Å². The van der Waals surface area contributed by atoms with Crippen LogP contribution in [0.2, 0.25) is 5.02 Å². The van der Waals surface area contributed by atoms with Crippen molar-refractivity contribution in [3.63, 3.8) is 0 Å². The van der Waals surface area contributed by atoms with Crippen LogP contribution in [0, 0.1) is 12.7 Å². The molecule has 1 amide bonds. The summed E-state index contributed by atoms with van der Waals surface area (Å²) in [5.41, 5.74) is 3.61. The number of pyridine rings is 1. The van der Waals surface area contributed by atoms with Crippen LogP contribution >= 0.6 is 11.6 Å². The molecule has 0 bridgehead atoms. The predicted octanol–water partition coefficient (Wildman–Crippen LogP) is 3.67. The Hall–Kier alpha value is -2.65. The molecule has 10 heteroatoms. The quantitative estimate of drug-likeness (QED) is 0.783. The monoisotopic (exact) mass is 426 g/mol. The molecular formula is C19H18ClF3N4O2. The van der Waals surface area contributed by atoms with Crippen molar-refractivity contribution in [3.8, 4) is 0 Å². The fraction of sp³-hybridized carbons (Fsp3) is 0.316. The fourth-order valence-electron chi connectivity index (χ4n) is 3.03. The smallest absolute Gasteiger partial charge is 0.299 e. The molecule has 2 aromatic rings. The zero-order valence-electron chi connectivity index (χ0n) is 15.6. The second-order valence-corrected chi connectivity index (χ2v) is 7.28. The van der Waals surface area contributed by atoms with E-state index < -0.39 is 35.4 Å². The van der Waals surface area contributed by atoms with Gasteiger partial charge in [0.1, 0.15) is 30.6 Å². The van der Waals surface area contributed by atoms with Crippen molar-refractivity contribution in [3.05, 3.63) is 58.1 Å². The van der Waals surface area contributed by atoms with E-state index in [-0.39, 0.29) is 23.8 Å². The number of nitrogens with one attached hydrogen (secondary N) is 1. The normalized spacial score (nSPS) is 21.2. The highest BCUT2D eigenvalue weighted by Gasteiger charge is 2.54. The zero-order chi connectivity index (χ0) is 21.4. The SMILES string of the molecule is Cc1cc(Cl)cnc1C(=O)Nc1ccc(F)c([C@@]2(C)N=C(N)COCC2(F)F)c1. The number of hydrogen-bond acceptors (Lipinski definition) is 5. The third-order valence-corrected chi connectivity index (χ3v) is 4.83. The van der Waals surface area contributed by atoms with Crippen LogP contribution in [0.1, 0.15) is 28.5 Å². The molecule has 1 aliphatic rings. The van der Waals surface area contributed by atoms with E-state index in [9.17, 15) is 18.0 Å². The van der Waals surface area contributed by atoms with Crippen LogP contribution in [-0.4, -0.2) is 35.9 Å². The van der Waals surface area contributed by atoms with Gasteiger partial charge in [-0.25, -0.2) is 18.2 Å². The van der Waals surface area contributed by atoms with Gasteiger partial charge in [-0.2, -0.15) is 0 Å². The molecule has 0 saturated carbocycles. The third-order valence-electron chi connectivity index (χ3n) is 4.62. The first-order chi connectivity index (χ1) is 13.5. The number of alkyl halides is 2. The third kappa shape index (κ3) is 4.06. The first kappa shape index (κ1) is 21.1. The molecule has 3 N–H and O–H groups in total. The van der Waals surface area contributed by atoms with E-state index in [0.717, 1.165) is 19.1 Å². The van der Waals surface area contributed by atoms with Gasteiger partial charge in [-0.3, -0.25) is 9.79 Å². The van der Waals surface area contributed by atoms with Crippen molar-refractivity contribution in [2.45, 2.75) is 25.3 Å². The maximum atomic E-state index is 14.7. The Morgan fingerprint density at radius 3 is 2.76 bits per heavy atom. The molecule has 1 atom stereocenters. The summed E-state index contributed by atoms with van der Waals surface area (Å²) in [6.45, 7) is 1.46. The summed E-state index contributed by atoms with van der Waals surface area (Å²) in [7, 11) is 0. The number of anilines is 1. The minimum Gasteiger partial charge on any atom is -0.385 e. The van der Waals surface area contributed by atoms with E-state index in [0.29, 0.717) is 10.6 Å². The zero-order valence-corrected chi connectivity index (χ0v) is 16.4. The van der Waals surface area contributed by atoms with Gasteiger partial charge < -0.3 is 15.8 Å². The Labute approximate surface area is 169 Å². The number of carbonyl (C=O) groups excluding carboxylic acids is 1. The molecular weight excluding hydrogens is 409 g/mol. The lowest BCUT2D eigenvalue weighted by Gasteiger charge is -2.33. The molecule has 1 aromatic carbocycles. The Balaban J connectivity index is 2.00. The molecule has 1 aliphatic heterocycles. The summed E-state index contributed by atoms with van der Waals surface area (Å²) in [6, 6.07) is 4.90. The summed E-state index contributed by atoms with van der Waals surface area (Å²) in [5, 5.41) is 2.89. The molecule has 0 fully saturated rings. The molecule has 0 spiro atoms. The topological polar surface area (TPSA) is 89.6 Å². The van der Waals surface area contributed by atoms with Crippen LogP contribution in [0.5, 0.6) is 0 Å². The molecule has 0 radical (unpaired) electrons. The first-order valence-electron chi connectivity index (χ1n) is 8.57. The number of ether oxygens (including phenoxy) is 1. The van der Waals surface area contributed by atoms with Crippen LogP contribution in [0.4, 0.5) is 18.9 Å². The molecule has 0 saturated heterocycles. The van der Waals surface area contributed by atoms with E-state index in [1.165, 1.54) is 12.3 Å². The number of benzene rings is 1. The number of nitrogens with two attached hydrogens (primary N) is 1. The van der Waals surface area contributed by atoms with Gasteiger partial charge in [0.2, 0.25) is 0 Å². The molecule has 154 valence electrons. The number of carbonyl (C=O) groups is 1. The van der Waals surface area contributed by atoms with Crippen molar-refractivity contribution in [1.29, 1.82) is 0 Å². The molecule has 3 rings (SSSR count). The number of hydrogen-bond donors (Lipinski definition) is 2. The summed E-state index contributed by atoms with van der Waals surface area (Å²) >= 11 is 5.83. The van der Waals surface area contributed by atoms with E-state index in [1.54, 1.807) is 13.0 Å². The van der Waals surface area contributed by atoms with Gasteiger partial charge >= 0.3 is 0 Å². The lowest BCUT2D eigenvalue weighted by molar-refractivity contribution is -0.116. The van der Waals surface area contributed by atoms with E-state index in [2.05, 4.69) is 15.3 Å². The lowest BCUT2D eigenvalue weighted by atomic mass is 9.85. The minimum atomic E-state index is -3.54. The van der Waals surface area contributed by atoms with E-state index >= 15 is 0 Å². The highest BCUT2D eigenvalue weighted by Crippen LogP contribution is 2.44. The van der Waals surface area contributed by atoms with Crippen LogP contribution in [-0.2, 0) is 10.3 Å². The average Bonchev–Trinajstić information content (AvgIpc) is 2.72. The van der Waals surface area contributed by atoms with Crippen LogP contribution in [0.15, 0.2) is 35.5 Å². The molecule has 2 heterocycles. The fourth-order valence-corrected chi connectivity index (χ4v) is 3.24. The van der Waals surface area contributed by atoms with E-state index in [1.807, 2.05) is 0 Å². The number of aromatic nitrogens is 1. The van der Waals surface area contributed by atoms with Crippen LogP contribution < -0.4 is 11.1 Å². The second kappa shape index (κ2) is 7.64. The van der Waals surface area contributed by atoms with Gasteiger partial charge in [0.15, 0.2) is 5.54 Å². The summed E-state index contributed by atoms with van der Waals surface area (Å²) in [4.78, 5) is 20.3. The first-order valence-corrected chi connectivity index (χ1v) is 8.94. The number of aryl methyl sites for hydroxylation is 1. The highest BCUT2D eigenvalue weighted by molar-refractivity contribution is 6.30. The summed E-state index contributed by atoms with van der Waals surface area (Å²) in [6.07, 6.45) is 1.31. The van der Waals surface area contributed by atoms with Crippen molar-refractivity contribution in [2.24, 2.45) is 10.7 Å². The molecule has 1 aromatic heterocycles. The van der Waals surface area contributed by atoms with Gasteiger partial charge in [0.25, 0.3) is 11.8 Å². The highest BCUT2D eigenvalue weighted by atomic mass is 35.5. The number of aliphatic imine (C=N–C) groups is 1. The summed E-state index contributed by atoms with van der Waals surface area (Å²) in [5.74, 6) is -5.23. The van der Waals surface area contributed by atoms with Gasteiger partial charge in [-0.1, -0.05) is 11.6 Å². The molecule has 0 unspecified atom stereocenters. The van der Waals surface area contributed by atoms with Gasteiger partial charge in [-0.05, 0) is 43.7 Å². The number of amidine groups is 1. The average molecular weight is 427 g/mol. The van der Waals surface area contributed by atoms with Crippen molar-refractivity contribution >= 4 is 29.0 Å². The number of nitrogens with zero attached hydrogens (tertiary/aromatic N) is 2. The molecule has 0 aliphatic carbocycles. The Kier molecular flexibility index (Phi) is 5.55. The lowest BCUT2D eigenvalue weighted by Crippen LogP contribution is -2.45. The van der Waals surface area contributed by atoms with Crippen molar-refractivity contribution < 1.29 is 22.7 Å². The Bertz CT molecular complexity index is 999. The standard InChI is InChI=1S/C19H18ClF3N4O2/c1-10-5-11(20)7-25-16(10)17(28)26-12-3-4-14(21)13(6-12)18(2)19(22,23)9-29-8-15(24)27-18/h3-7H,8-9H2,1-2H3,(H2,24,27)(H,26,28)/t18-/m1/s1. The number of halogens is 4. The van der Waals surface area contributed by atoms with Gasteiger partial charge in [0, 0.05) is 17.4 Å². The Morgan fingerprint density at radius 1 is 1.34 bits per heavy atom. The Morgan fingerprint density at radius 2 is 2.07 bits per heavy atom. The predicted molar refractivity (Wildman–Crippen MR) is 103 cm³/mol. The van der Waals surface area contributed by atoms with Crippen LogP contribution in [0.3, 0.4) is 0 Å². The van der Waals surface area contributed by atoms with E-state index in [4.69, 9.17) is 22.1 Å². The number of amides is 1. The van der Waals surface area contributed by atoms with Gasteiger partial charge in [0.05, 0.1) is 5.02 Å². The largest absolute Gasteiger partial charge is 0.385 e. The molecule has 29 heavy (non-hydrogen) atoms. The van der Waals surface area contributed by atoms with Crippen molar-refractivity contribution in [1.82, 2.24) is 4.98 Å². The maximum Gasteiger partial charge on any atom is 0.299 e.